The molecule has 15 heavy (non-hydrogen) atoms. The van der Waals surface area contributed by atoms with Gasteiger partial charge in [-0.1, -0.05) is 13.8 Å². The van der Waals surface area contributed by atoms with Gasteiger partial charge in [-0.2, -0.15) is 5.10 Å². The molecule has 86 valence electrons. The van der Waals surface area contributed by atoms with Crippen molar-refractivity contribution in [3.8, 4) is 0 Å². The summed E-state index contributed by atoms with van der Waals surface area (Å²) in [5, 5.41) is 14.3. The van der Waals surface area contributed by atoms with Crippen molar-refractivity contribution in [3.05, 3.63) is 18.0 Å². The second kappa shape index (κ2) is 5.88. The highest BCUT2D eigenvalue weighted by Crippen LogP contribution is 2.20. The first-order valence-electron chi connectivity index (χ1n) is 5.47. The van der Waals surface area contributed by atoms with Crippen LogP contribution in [0.25, 0.3) is 0 Å². The molecule has 0 spiro atoms. The zero-order valence-corrected chi connectivity index (χ0v) is 9.68. The molecule has 1 aromatic rings. The van der Waals surface area contributed by atoms with Crippen LogP contribution in [-0.2, 0) is 11.3 Å². The molecule has 4 nitrogen and oxygen atoms in total. The number of methoxy groups -OCH3 is 1. The van der Waals surface area contributed by atoms with E-state index < -0.39 is 6.10 Å². The SMILES string of the molecule is CCCn1nccc1C(O)C(CC)OC. The Balaban J connectivity index is 2.79. The minimum absolute atomic E-state index is 0.155. The molecule has 1 rings (SSSR count). The van der Waals surface area contributed by atoms with Gasteiger partial charge in [0, 0.05) is 19.9 Å². The van der Waals surface area contributed by atoms with Crippen molar-refractivity contribution in [2.75, 3.05) is 7.11 Å². The van der Waals surface area contributed by atoms with E-state index in [1.807, 2.05) is 17.7 Å². The number of hydrogen-bond donors (Lipinski definition) is 1. The van der Waals surface area contributed by atoms with Crippen LogP contribution in [0.4, 0.5) is 0 Å². The lowest BCUT2D eigenvalue weighted by atomic mass is 10.1. The summed E-state index contributed by atoms with van der Waals surface area (Å²) in [6.07, 6.45) is 2.77. The third-order valence-corrected chi connectivity index (χ3v) is 2.55. The normalized spacial score (nSPS) is 15.2. The predicted octanol–water partition coefficient (Wildman–Crippen LogP) is 1.75. The molecule has 0 fully saturated rings. The Morgan fingerprint density at radius 3 is 2.80 bits per heavy atom. The van der Waals surface area contributed by atoms with E-state index in [0.29, 0.717) is 0 Å². The summed E-state index contributed by atoms with van der Waals surface area (Å²) in [5.74, 6) is 0. The van der Waals surface area contributed by atoms with Crippen molar-refractivity contribution < 1.29 is 9.84 Å². The zero-order chi connectivity index (χ0) is 11.3. The van der Waals surface area contributed by atoms with Crippen LogP contribution in [-0.4, -0.2) is 28.1 Å². The first-order chi connectivity index (χ1) is 7.24. The molecule has 4 heteroatoms. The minimum atomic E-state index is -0.589. The molecule has 2 atom stereocenters. The van der Waals surface area contributed by atoms with Gasteiger partial charge in [0.05, 0.1) is 11.8 Å². The van der Waals surface area contributed by atoms with Crippen molar-refractivity contribution in [1.29, 1.82) is 0 Å². The second-order valence-corrected chi connectivity index (χ2v) is 3.61. The Hall–Kier alpha value is -0.870. The Bertz CT molecular complexity index is 282. The number of rotatable bonds is 6. The molecule has 2 unspecified atom stereocenters. The number of ether oxygens (including phenoxy) is 1. The lowest BCUT2D eigenvalue weighted by Gasteiger charge is -2.20. The molecule has 0 aliphatic carbocycles. The topological polar surface area (TPSA) is 47.3 Å². The number of hydrogen-bond acceptors (Lipinski definition) is 3. The highest BCUT2D eigenvalue weighted by atomic mass is 16.5. The number of aliphatic hydroxyl groups excluding tert-OH is 1. The first kappa shape index (κ1) is 12.2. The van der Waals surface area contributed by atoms with Crippen LogP contribution in [0.3, 0.4) is 0 Å². The van der Waals surface area contributed by atoms with Crippen LogP contribution in [0.1, 0.15) is 38.5 Å². The van der Waals surface area contributed by atoms with Gasteiger partial charge in [0.1, 0.15) is 6.10 Å². The van der Waals surface area contributed by atoms with E-state index in [0.717, 1.165) is 25.1 Å². The largest absolute Gasteiger partial charge is 0.384 e. The van der Waals surface area contributed by atoms with Gasteiger partial charge in [-0.3, -0.25) is 4.68 Å². The van der Waals surface area contributed by atoms with E-state index in [4.69, 9.17) is 4.74 Å². The fourth-order valence-corrected chi connectivity index (χ4v) is 1.70. The summed E-state index contributed by atoms with van der Waals surface area (Å²) in [7, 11) is 1.62. The first-order valence-corrected chi connectivity index (χ1v) is 5.47. The summed E-state index contributed by atoms with van der Waals surface area (Å²) < 4.78 is 7.07. The van der Waals surface area contributed by atoms with Crippen LogP contribution >= 0.6 is 0 Å². The van der Waals surface area contributed by atoms with Crippen LogP contribution < -0.4 is 0 Å². The third-order valence-electron chi connectivity index (χ3n) is 2.55. The molecule has 1 aromatic heterocycles. The summed E-state index contributed by atoms with van der Waals surface area (Å²) in [5.41, 5.74) is 0.838. The van der Waals surface area contributed by atoms with Gasteiger partial charge in [0.2, 0.25) is 0 Å². The average molecular weight is 212 g/mol. The van der Waals surface area contributed by atoms with E-state index in [9.17, 15) is 5.11 Å². The molecule has 0 bridgehead atoms. The van der Waals surface area contributed by atoms with Gasteiger partial charge < -0.3 is 9.84 Å². The molecule has 0 aliphatic rings. The van der Waals surface area contributed by atoms with Crippen molar-refractivity contribution in [2.45, 2.75) is 45.4 Å². The van der Waals surface area contributed by atoms with Crippen LogP contribution in [0.5, 0.6) is 0 Å². The van der Waals surface area contributed by atoms with Gasteiger partial charge in [-0.25, -0.2) is 0 Å². The minimum Gasteiger partial charge on any atom is -0.384 e. The molecule has 1 heterocycles. The molecule has 0 saturated carbocycles. The quantitative estimate of drug-likeness (QED) is 0.781. The predicted molar refractivity (Wildman–Crippen MR) is 58.6 cm³/mol. The maximum atomic E-state index is 10.1. The maximum Gasteiger partial charge on any atom is 0.122 e. The van der Waals surface area contributed by atoms with Gasteiger partial charge in [-0.15, -0.1) is 0 Å². The Morgan fingerprint density at radius 1 is 1.53 bits per heavy atom. The maximum absolute atomic E-state index is 10.1. The van der Waals surface area contributed by atoms with Crippen LogP contribution in [0, 0.1) is 0 Å². The van der Waals surface area contributed by atoms with Crippen LogP contribution in [0.15, 0.2) is 12.3 Å². The Kier molecular flexibility index (Phi) is 4.78. The van der Waals surface area contributed by atoms with Crippen molar-refractivity contribution >= 4 is 0 Å². The summed E-state index contributed by atoms with van der Waals surface area (Å²) >= 11 is 0. The summed E-state index contributed by atoms with van der Waals surface area (Å²) in [6.45, 7) is 4.92. The number of aromatic nitrogens is 2. The Labute approximate surface area is 90.9 Å². The van der Waals surface area contributed by atoms with Crippen molar-refractivity contribution in [2.24, 2.45) is 0 Å². The van der Waals surface area contributed by atoms with Gasteiger partial charge >= 0.3 is 0 Å². The van der Waals surface area contributed by atoms with Crippen LogP contribution in [0.2, 0.25) is 0 Å². The molecule has 0 aromatic carbocycles. The van der Waals surface area contributed by atoms with Gasteiger partial charge in [0.15, 0.2) is 0 Å². The fourth-order valence-electron chi connectivity index (χ4n) is 1.70. The van der Waals surface area contributed by atoms with E-state index in [-0.39, 0.29) is 6.10 Å². The molecular formula is C11H20N2O2. The van der Waals surface area contributed by atoms with E-state index in [1.54, 1.807) is 13.3 Å². The monoisotopic (exact) mass is 212 g/mol. The molecular weight excluding hydrogens is 192 g/mol. The van der Waals surface area contributed by atoms with E-state index in [2.05, 4.69) is 12.0 Å². The lowest BCUT2D eigenvalue weighted by Crippen LogP contribution is -2.22. The number of aliphatic hydroxyl groups is 1. The molecule has 0 radical (unpaired) electrons. The number of aryl methyl sites for hydroxylation is 1. The van der Waals surface area contributed by atoms with E-state index >= 15 is 0 Å². The molecule has 0 amide bonds. The standard InChI is InChI=1S/C11H20N2O2/c1-4-8-13-9(6-7-12-13)11(14)10(5-2)15-3/h6-7,10-11,14H,4-5,8H2,1-3H3. The lowest BCUT2D eigenvalue weighted by molar-refractivity contribution is -0.0190. The van der Waals surface area contributed by atoms with Gasteiger partial charge in [-0.05, 0) is 18.9 Å². The summed E-state index contributed by atoms with van der Waals surface area (Å²) in [6, 6.07) is 1.85. The highest BCUT2D eigenvalue weighted by molar-refractivity contribution is 5.06. The third kappa shape index (κ3) is 2.79. The Morgan fingerprint density at radius 2 is 2.27 bits per heavy atom. The van der Waals surface area contributed by atoms with Crippen molar-refractivity contribution in [1.82, 2.24) is 9.78 Å². The average Bonchev–Trinajstić information content (AvgIpc) is 2.68. The van der Waals surface area contributed by atoms with E-state index in [1.165, 1.54) is 0 Å². The molecule has 1 N–H and O–H groups in total. The number of nitrogens with zero attached hydrogens (tertiary/aromatic N) is 2. The fraction of sp³-hybridized carbons (Fsp3) is 0.727. The second-order valence-electron chi connectivity index (χ2n) is 3.61. The van der Waals surface area contributed by atoms with Gasteiger partial charge in [0.25, 0.3) is 0 Å². The zero-order valence-electron chi connectivity index (χ0n) is 9.68. The highest BCUT2D eigenvalue weighted by Gasteiger charge is 2.21. The molecule has 0 saturated heterocycles. The smallest absolute Gasteiger partial charge is 0.122 e. The summed E-state index contributed by atoms with van der Waals surface area (Å²) in [4.78, 5) is 0. The van der Waals surface area contributed by atoms with Crippen molar-refractivity contribution in [3.63, 3.8) is 0 Å². The molecule has 0 aliphatic heterocycles.